The molecule has 4 rings (SSSR count). The van der Waals surface area contributed by atoms with Crippen molar-refractivity contribution in [2.24, 2.45) is 0 Å². The molecule has 112 valence electrons. The number of phenols is 1. The molecule has 1 N–H and O–H groups in total. The summed E-state index contributed by atoms with van der Waals surface area (Å²) in [7, 11) is 0. The van der Waals surface area contributed by atoms with Gasteiger partial charge in [0.05, 0.1) is 0 Å². The van der Waals surface area contributed by atoms with Crippen LogP contribution in [0.2, 0.25) is 0 Å². The summed E-state index contributed by atoms with van der Waals surface area (Å²) in [5.41, 5.74) is 4.22. The summed E-state index contributed by atoms with van der Waals surface area (Å²) in [5, 5.41) is 11.8. The predicted octanol–water partition coefficient (Wildman–Crippen LogP) is 4.54. The molecule has 0 atom stereocenters. The summed E-state index contributed by atoms with van der Waals surface area (Å²) in [5.74, 6) is 0.189. The third kappa shape index (κ3) is 2.42. The lowest BCUT2D eigenvalue weighted by Crippen LogP contribution is -1.96. The Morgan fingerprint density at radius 1 is 0.957 bits per heavy atom. The van der Waals surface area contributed by atoms with Crippen LogP contribution >= 0.6 is 0 Å². The number of phenolic OH excluding ortho intramolecular Hbond substituents is 1. The van der Waals surface area contributed by atoms with Crippen LogP contribution in [0.1, 0.15) is 27.0 Å². The van der Waals surface area contributed by atoms with Crippen LogP contribution in [-0.2, 0) is 12.8 Å². The number of aryl methyl sites for hydroxylation is 2. The van der Waals surface area contributed by atoms with E-state index in [1.165, 1.54) is 16.5 Å². The number of hydrogen-bond donors (Lipinski definition) is 1. The molecule has 0 spiro atoms. The number of aromatic hydroxyl groups is 1. The maximum atomic E-state index is 12.6. The van der Waals surface area contributed by atoms with Gasteiger partial charge in [0.1, 0.15) is 5.75 Å². The van der Waals surface area contributed by atoms with Crippen LogP contribution in [0.15, 0.2) is 60.7 Å². The van der Waals surface area contributed by atoms with E-state index in [-0.39, 0.29) is 11.5 Å². The standard InChI is InChI=1S/C21H16O2/c22-17-5-1-3-14(13-17)7-12-20(23)18-11-10-16-9-8-15-4-2-6-19(18)21(15)16/h1-7,10-13,22H,8-9H2/b12-7+. The van der Waals surface area contributed by atoms with Crippen molar-refractivity contribution < 1.29 is 9.90 Å². The first-order valence-electron chi connectivity index (χ1n) is 7.77. The topological polar surface area (TPSA) is 37.3 Å². The van der Waals surface area contributed by atoms with Gasteiger partial charge in [-0.05, 0) is 58.5 Å². The van der Waals surface area contributed by atoms with Crippen molar-refractivity contribution in [3.8, 4) is 5.75 Å². The number of carbonyl (C=O) groups excluding carboxylic acids is 1. The molecule has 0 radical (unpaired) electrons. The number of rotatable bonds is 3. The van der Waals surface area contributed by atoms with Crippen molar-refractivity contribution in [1.29, 1.82) is 0 Å². The Bertz CT molecular complexity index is 941. The highest BCUT2D eigenvalue weighted by atomic mass is 16.3. The molecule has 0 saturated heterocycles. The van der Waals surface area contributed by atoms with E-state index in [9.17, 15) is 9.90 Å². The normalized spacial score (nSPS) is 13.0. The molecular weight excluding hydrogens is 284 g/mol. The van der Waals surface area contributed by atoms with Crippen molar-refractivity contribution in [3.05, 3.63) is 82.9 Å². The van der Waals surface area contributed by atoms with Gasteiger partial charge in [0.2, 0.25) is 0 Å². The van der Waals surface area contributed by atoms with E-state index >= 15 is 0 Å². The number of hydrogen-bond acceptors (Lipinski definition) is 2. The number of benzene rings is 3. The third-order valence-electron chi connectivity index (χ3n) is 4.44. The first-order chi connectivity index (χ1) is 11.2. The highest BCUT2D eigenvalue weighted by molar-refractivity contribution is 6.15. The Hall–Kier alpha value is -2.87. The zero-order chi connectivity index (χ0) is 15.8. The Balaban J connectivity index is 1.74. The predicted molar refractivity (Wildman–Crippen MR) is 92.8 cm³/mol. The molecule has 1 aliphatic rings. The van der Waals surface area contributed by atoms with Gasteiger partial charge in [-0.2, -0.15) is 0 Å². The van der Waals surface area contributed by atoms with Crippen molar-refractivity contribution in [2.45, 2.75) is 12.8 Å². The van der Waals surface area contributed by atoms with Crippen molar-refractivity contribution in [2.75, 3.05) is 0 Å². The molecular formula is C21H16O2. The molecule has 2 heteroatoms. The van der Waals surface area contributed by atoms with Gasteiger partial charge in [0.25, 0.3) is 0 Å². The van der Waals surface area contributed by atoms with E-state index in [0.717, 1.165) is 29.4 Å². The van der Waals surface area contributed by atoms with Gasteiger partial charge in [-0.3, -0.25) is 4.79 Å². The molecule has 0 bridgehead atoms. The van der Waals surface area contributed by atoms with Crippen LogP contribution < -0.4 is 0 Å². The van der Waals surface area contributed by atoms with E-state index in [1.54, 1.807) is 30.4 Å². The van der Waals surface area contributed by atoms with Gasteiger partial charge in [0.15, 0.2) is 5.78 Å². The Labute approximate surface area is 134 Å². The van der Waals surface area contributed by atoms with Gasteiger partial charge in [-0.25, -0.2) is 0 Å². The quantitative estimate of drug-likeness (QED) is 0.569. The Morgan fingerprint density at radius 3 is 2.57 bits per heavy atom. The van der Waals surface area contributed by atoms with Crippen LogP contribution in [0, 0.1) is 0 Å². The smallest absolute Gasteiger partial charge is 0.186 e. The summed E-state index contributed by atoms with van der Waals surface area (Å²) in [4.78, 5) is 12.6. The minimum atomic E-state index is -0.0102. The summed E-state index contributed by atoms with van der Waals surface area (Å²) in [6.45, 7) is 0. The van der Waals surface area contributed by atoms with Crippen molar-refractivity contribution in [1.82, 2.24) is 0 Å². The second-order valence-corrected chi connectivity index (χ2v) is 5.90. The highest BCUT2D eigenvalue weighted by Gasteiger charge is 2.17. The maximum Gasteiger partial charge on any atom is 0.186 e. The lowest BCUT2D eigenvalue weighted by atomic mass is 9.97. The molecule has 3 aromatic rings. The van der Waals surface area contributed by atoms with E-state index < -0.39 is 0 Å². The lowest BCUT2D eigenvalue weighted by molar-refractivity contribution is 0.104. The van der Waals surface area contributed by atoms with Gasteiger partial charge >= 0.3 is 0 Å². The second-order valence-electron chi connectivity index (χ2n) is 5.90. The molecule has 0 aliphatic heterocycles. The molecule has 0 unspecified atom stereocenters. The molecule has 0 aromatic heterocycles. The summed E-state index contributed by atoms with van der Waals surface area (Å²) in [6.07, 6.45) is 5.44. The van der Waals surface area contributed by atoms with E-state index in [2.05, 4.69) is 12.1 Å². The maximum absolute atomic E-state index is 12.6. The molecule has 0 fully saturated rings. The average molecular weight is 300 g/mol. The minimum absolute atomic E-state index is 0.0102. The first-order valence-corrected chi connectivity index (χ1v) is 7.77. The fraction of sp³-hybridized carbons (Fsp3) is 0.0952. The largest absolute Gasteiger partial charge is 0.508 e. The SMILES string of the molecule is O=C(/C=C/c1cccc(O)c1)c1ccc2c3c(cccc13)CC2. The Morgan fingerprint density at radius 2 is 1.74 bits per heavy atom. The lowest BCUT2D eigenvalue weighted by Gasteiger charge is -2.06. The minimum Gasteiger partial charge on any atom is -0.508 e. The van der Waals surface area contributed by atoms with E-state index in [0.29, 0.717) is 0 Å². The van der Waals surface area contributed by atoms with Gasteiger partial charge < -0.3 is 5.11 Å². The van der Waals surface area contributed by atoms with Crippen molar-refractivity contribution in [3.63, 3.8) is 0 Å². The monoisotopic (exact) mass is 300 g/mol. The van der Waals surface area contributed by atoms with Gasteiger partial charge in [-0.15, -0.1) is 0 Å². The average Bonchev–Trinajstić information content (AvgIpc) is 2.98. The Kier molecular flexibility index (Phi) is 3.23. The first kappa shape index (κ1) is 13.8. The summed E-state index contributed by atoms with van der Waals surface area (Å²) < 4.78 is 0. The van der Waals surface area contributed by atoms with Crippen molar-refractivity contribution >= 4 is 22.6 Å². The van der Waals surface area contributed by atoms with Crippen LogP contribution in [0.25, 0.3) is 16.8 Å². The molecule has 1 aliphatic carbocycles. The second kappa shape index (κ2) is 5.40. The molecule has 3 aromatic carbocycles. The van der Waals surface area contributed by atoms with Crippen LogP contribution in [0.5, 0.6) is 5.75 Å². The zero-order valence-corrected chi connectivity index (χ0v) is 12.6. The number of allylic oxidation sites excluding steroid dienone is 1. The fourth-order valence-corrected chi connectivity index (χ4v) is 3.35. The summed E-state index contributed by atoms with van der Waals surface area (Å²) in [6, 6.07) is 17.1. The molecule has 0 saturated carbocycles. The van der Waals surface area contributed by atoms with E-state index in [4.69, 9.17) is 0 Å². The highest BCUT2D eigenvalue weighted by Crippen LogP contribution is 2.33. The van der Waals surface area contributed by atoms with Gasteiger partial charge in [-0.1, -0.05) is 48.5 Å². The number of carbonyl (C=O) groups is 1. The van der Waals surface area contributed by atoms with Gasteiger partial charge in [0, 0.05) is 5.56 Å². The molecule has 2 nitrogen and oxygen atoms in total. The number of ketones is 1. The van der Waals surface area contributed by atoms with Crippen LogP contribution in [-0.4, -0.2) is 10.9 Å². The fourth-order valence-electron chi connectivity index (χ4n) is 3.35. The molecule has 23 heavy (non-hydrogen) atoms. The van der Waals surface area contributed by atoms with Crippen LogP contribution in [0.4, 0.5) is 0 Å². The zero-order valence-electron chi connectivity index (χ0n) is 12.6. The van der Waals surface area contributed by atoms with Crippen LogP contribution in [0.3, 0.4) is 0 Å². The summed E-state index contributed by atoms with van der Waals surface area (Å²) >= 11 is 0. The molecule has 0 heterocycles. The van der Waals surface area contributed by atoms with E-state index in [1.807, 2.05) is 24.3 Å². The third-order valence-corrected chi connectivity index (χ3v) is 4.44. The molecule has 0 amide bonds.